The predicted octanol–water partition coefficient (Wildman–Crippen LogP) is 4.44. The standard InChI is InChI=1S/C27H51N3O7/c28-27(35)37-23-22-36-21-20-30-25(32)17-15-19-29-24(31)16-13-11-9-7-5-3-1-2-4-6-8-10-12-14-18-26(33)34/h1-23H2,(H2,28,35)(H,29,31)(H,30,32)(H,33,34). The number of nitrogens with two attached hydrogens (primary N) is 1. The molecule has 0 aliphatic rings. The maximum Gasteiger partial charge on any atom is 0.404 e. The quantitative estimate of drug-likeness (QED) is 0.115. The largest absolute Gasteiger partial charge is 0.481 e. The van der Waals surface area contributed by atoms with Gasteiger partial charge in [-0.05, 0) is 19.3 Å². The van der Waals surface area contributed by atoms with Crippen LogP contribution in [0.5, 0.6) is 0 Å². The van der Waals surface area contributed by atoms with Gasteiger partial charge in [0.25, 0.3) is 0 Å². The third-order valence-electron chi connectivity index (χ3n) is 5.99. The van der Waals surface area contributed by atoms with Crippen LogP contribution in [0.4, 0.5) is 4.79 Å². The average Bonchev–Trinajstić information content (AvgIpc) is 2.85. The van der Waals surface area contributed by atoms with Crippen molar-refractivity contribution in [2.75, 3.05) is 32.9 Å². The van der Waals surface area contributed by atoms with E-state index in [0.29, 0.717) is 45.4 Å². The van der Waals surface area contributed by atoms with Crippen molar-refractivity contribution in [3.63, 3.8) is 0 Å². The Morgan fingerprint density at radius 1 is 0.541 bits per heavy atom. The van der Waals surface area contributed by atoms with E-state index < -0.39 is 12.1 Å². The second kappa shape index (κ2) is 26.7. The van der Waals surface area contributed by atoms with E-state index in [-0.39, 0.29) is 25.0 Å². The highest BCUT2D eigenvalue weighted by Crippen LogP contribution is 2.13. The summed E-state index contributed by atoms with van der Waals surface area (Å²) in [6, 6.07) is 0. The van der Waals surface area contributed by atoms with Crippen LogP contribution in [0.15, 0.2) is 0 Å². The van der Waals surface area contributed by atoms with Crippen LogP contribution in [0.1, 0.15) is 116 Å². The molecule has 0 aromatic rings. The molecule has 0 aromatic carbocycles. The molecule has 0 aromatic heterocycles. The third kappa shape index (κ3) is 29.8. The van der Waals surface area contributed by atoms with E-state index in [9.17, 15) is 19.2 Å². The first kappa shape index (κ1) is 34.6. The molecule has 0 aliphatic carbocycles. The number of primary amides is 1. The number of unbranched alkanes of at least 4 members (excludes halogenated alkanes) is 13. The molecular formula is C27H51N3O7. The van der Waals surface area contributed by atoms with Gasteiger partial charge in [-0.1, -0.05) is 77.0 Å². The first-order valence-corrected chi connectivity index (χ1v) is 14.2. The van der Waals surface area contributed by atoms with Crippen LogP contribution in [0.2, 0.25) is 0 Å². The summed E-state index contributed by atoms with van der Waals surface area (Å²) < 4.78 is 9.70. The number of rotatable bonds is 27. The predicted molar refractivity (Wildman–Crippen MR) is 143 cm³/mol. The van der Waals surface area contributed by atoms with Gasteiger partial charge in [0.1, 0.15) is 6.61 Å². The smallest absolute Gasteiger partial charge is 0.404 e. The van der Waals surface area contributed by atoms with Crippen molar-refractivity contribution < 1.29 is 33.8 Å². The highest BCUT2D eigenvalue weighted by Gasteiger charge is 2.04. The SMILES string of the molecule is NC(=O)OCCOCCNC(=O)CCCNC(=O)CCCCCCCCCCCCCCCCC(=O)O. The van der Waals surface area contributed by atoms with E-state index in [4.69, 9.17) is 15.6 Å². The first-order chi connectivity index (χ1) is 17.9. The zero-order valence-electron chi connectivity index (χ0n) is 22.7. The number of carbonyl (C=O) groups is 4. The van der Waals surface area contributed by atoms with Crippen molar-refractivity contribution in [1.82, 2.24) is 10.6 Å². The molecule has 0 heterocycles. The van der Waals surface area contributed by atoms with E-state index >= 15 is 0 Å². The van der Waals surface area contributed by atoms with E-state index in [1.54, 1.807) is 0 Å². The first-order valence-electron chi connectivity index (χ1n) is 14.2. The topological polar surface area (TPSA) is 157 Å². The van der Waals surface area contributed by atoms with E-state index in [1.165, 1.54) is 57.8 Å². The molecule has 3 amide bonds. The summed E-state index contributed by atoms with van der Waals surface area (Å²) in [6.07, 6.45) is 17.2. The molecule has 0 unspecified atom stereocenters. The van der Waals surface area contributed by atoms with Gasteiger partial charge in [-0.25, -0.2) is 4.79 Å². The Bertz CT molecular complexity index is 603. The van der Waals surface area contributed by atoms with Crippen LogP contribution in [0, 0.1) is 0 Å². The van der Waals surface area contributed by atoms with Crippen molar-refractivity contribution in [1.29, 1.82) is 0 Å². The van der Waals surface area contributed by atoms with E-state index in [1.807, 2.05) is 0 Å². The Labute approximate surface area is 222 Å². The van der Waals surface area contributed by atoms with Gasteiger partial charge >= 0.3 is 12.1 Å². The molecule has 10 nitrogen and oxygen atoms in total. The average molecular weight is 530 g/mol. The minimum absolute atomic E-state index is 0.0499. The highest BCUT2D eigenvalue weighted by molar-refractivity contribution is 5.77. The lowest BCUT2D eigenvalue weighted by Crippen LogP contribution is -2.29. The van der Waals surface area contributed by atoms with Crippen molar-refractivity contribution in [3.8, 4) is 0 Å². The number of aliphatic carboxylic acids is 1. The van der Waals surface area contributed by atoms with Crippen LogP contribution in [-0.2, 0) is 23.9 Å². The molecule has 0 bridgehead atoms. The third-order valence-corrected chi connectivity index (χ3v) is 5.99. The van der Waals surface area contributed by atoms with Gasteiger partial charge in [0.15, 0.2) is 0 Å². The van der Waals surface area contributed by atoms with Gasteiger partial charge in [-0.3, -0.25) is 14.4 Å². The minimum Gasteiger partial charge on any atom is -0.481 e. The fraction of sp³-hybridized carbons (Fsp3) is 0.852. The molecule has 0 saturated heterocycles. The lowest BCUT2D eigenvalue weighted by atomic mass is 10.0. The Kier molecular flexibility index (Phi) is 25.0. The molecule has 10 heteroatoms. The lowest BCUT2D eigenvalue weighted by Gasteiger charge is -2.07. The Balaban J connectivity index is 3.28. The number of hydrogen-bond donors (Lipinski definition) is 4. The van der Waals surface area contributed by atoms with Crippen molar-refractivity contribution >= 4 is 23.9 Å². The molecule has 0 spiro atoms. The maximum absolute atomic E-state index is 11.9. The molecule has 0 rings (SSSR count). The number of amides is 3. The van der Waals surface area contributed by atoms with Gasteiger partial charge in [0.2, 0.25) is 11.8 Å². The van der Waals surface area contributed by atoms with Crippen LogP contribution >= 0.6 is 0 Å². The molecule has 0 atom stereocenters. The van der Waals surface area contributed by atoms with E-state index in [0.717, 1.165) is 32.1 Å². The summed E-state index contributed by atoms with van der Waals surface area (Å²) in [7, 11) is 0. The minimum atomic E-state index is -0.839. The zero-order chi connectivity index (χ0) is 27.4. The Morgan fingerprint density at radius 2 is 0.973 bits per heavy atom. The summed E-state index contributed by atoms with van der Waals surface area (Å²) in [5, 5.41) is 14.2. The number of carbonyl (C=O) groups excluding carboxylic acids is 3. The monoisotopic (exact) mass is 529 g/mol. The summed E-state index contributed by atoms with van der Waals surface area (Å²) in [4.78, 5) is 44.4. The van der Waals surface area contributed by atoms with Gasteiger partial charge in [0, 0.05) is 32.4 Å². The van der Waals surface area contributed by atoms with Crippen molar-refractivity contribution in [3.05, 3.63) is 0 Å². The summed E-state index contributed by atoms with van der Waals surface area (Å²) in [5.74, 6) is -0.727. The molecule has 0 fully saturated rings. The van der Waals surface area contributed by atoms with Gasteiger partial charge in [0.05, 0.1) is 13.2 Å². The number of nitrogens with one attached hydrogen (secondary N) is 2. The fourth-order valence-electron chi connectivity index (χ4n) is 3.90. The van der Waals surface area contributed by atoms with Gasteiger partial charge in [-0.2, -0.15) is 0 Å². The second-order valence-electron chi connectivity index (χ2n) is 9.43. The van der Waals surface area contributed by atoms with Gasteiger partial charge < -0.3 is 30.9 Å². The fourth-order valence-corrected chi connectivity index (χ4v) is 3.90. The second-order valence-corrected chi connectivity index (χ2v) is 9.43. The Morgan fingerprint density at radius 3 is 1.46 bits per heavy atom. The number of carboxylic acids is 1. The Hall–Kier alpha value is -2.36. The van der Waals surface area contributed by atoms with Crippen molar-refractivity contribution in [2.45, 2.75) is 116 Å². The maximum atomic E-state index is 11.9. The molecule has 5 N–H and O–H groups in total. The lowest BCUT2D eigenvalue weighted by molar-refractivity contribution is -0.137. The van der Waals surface area contributed by atoms with E-state index in [2.05, 4.69) is 15.4 Å². The van der Waals surface area contributed by atoms with Crippen molar-refractivity contribution in [2.24, 2.45) is 5.73 Å². The van der Waals surface area contributed by atoms with Gasteiger partial charge in [-0.15, -0.1) is 0 Å². The normalized spacial score (nSPS) is 10.7. The van der Waals surface area contributed by atoms with Crippen LogP contribution in [-0.4, -0.2) is 61.9 Å². The summed E-state index contributed by atoms with van der Waals surface area (Å²) in [5.41, 5.74) is 4.82. The zero-order valence-corrected chi connectivity index (χ0v) is 22.7. The molecule has 0 radical (unpaired) electrons. The molecule has 216 valence electrons. The molecular weight excluding hydrogens is 478 g/mol. The molecule has 37 heavy (non-hydrogen) atoms. The summed E-state index contributed by atoms with van der Waals surface area (Å²) in [6.45, 7) is 1.52. The number of hydrogen-bond acceptors (Lipinski definition) is 6. The number of ether oxygens (including phenoxy) is 2. The highest BCUT2D eigenvalue weighted by atomic mass is 16.6. The summed E-state index contributed by atoms with van der Waals surface area (Å²) >= 11 is 0. The van der Waals surface area contributed by atoms with Crippen LogP contribution in [0.25, 0.3) is 0 Å². The van der Waals surface area contributed by atoms with Crippen LogP contribution in [0.3, 0.4) is 0 Å². The number of carboxylic acid groups (broad SMARTS) is 1. The molecule has 0 aliphatic heterocycles. The molecule has 0 saturated carbocycles. The van der Waals surface area contributed by atoms with Crippen LogP contribution < -0.4 is 16.4 Å².